The highest BCUT2D eigenvalue weighted by Gasteiger charge is 2.39. The number of fused-ring (bicyclic) bond motifs is 3. The Hall–Kier alpha value is -3.65. The van der Waals surface area contributed by atoms with Crippen LogP contribution in [0.15, 0.2) is 60.8 Å². The second-order valence-electron chi connectivity index (χ2n) is 11.2. The molecule has 1 fully saturated rings. The summed E-state index contributed by atoms with van der Waals surface area (Å²) in [6, 6.07) is 17.2. The number of rotatable bonds is 5. The van der Waals surface area contributed by atoms with Crippen molar-refractivity contribution in [3.8, 4) is 11.3 Å². The number of benzene rings is 2. The summed E-state index contributed by atoms with van der Waals surface area (Å²) < 4.78 is 56.3. The minimum Gasteiger partial charge on any atom is -0.386 e. The number of pyridine rings is 1. The number of hydrogen-bond donors (Lipinski definition) is 1. The van der Waals surface area contributed by atoms with E-state index in [9.17, 15) is 13.9 Å². The Morgan fingerprint density at radius 1 is 1.08 bits per heavy atom. The Kier molecular flexibility index (Phi) is 5.25. The van der Waals surface area contributed by atoms with Gasteiger partial charge in [0.1, 0.15) is 0 Å². The van der Waals surface area contributed by atoms with Crippen LogP contribution < -0.4 is 0 Å². The molecule has 1 saturated carbocycles. The molecule has 202 valence electrons. The van der Waals surface area contributed by atoms with Crippen molar-refractivity contribution < 1.29 is 18.0 Å². The number of aliphatic hydroxyl groups is 1. The molecule has 3 aromatic heterocycles. The Labute approximate surface area is 230 Å². The number of aryl methyl sites for hydroxylation is 2. The normalized spacial score (nSPS) is 18.7. The monoisotopic (exact) mass is 532 g/mol. The summed E-state index contributed by atoms with van der Waals surface area (Å²) in [4.78, 5) is 4.83. The predicted octanol–water partition coefficient (Wildman–Crippen LogP) is 6.94. The maximum Gasteiger partial charge on any atom is 0.248 e. The molecular weight excluding hydrogens is 496 g/mol. The summed E-state index contributed by atoms with van der Waals surface area (Å²) in [5, 5.41) is 19.7. The third kappa shape index (κ3) is 4.50. The molecule has 6 rings (SSSR count). The molecule has 0 aliphatic heterocycles. The van der Waals surface area contributed by atoms with Gasteiger partial charge in [-0.1, -0.05) is 47.7 Å². The van der Waals surface area contributed by atoms with E-state index in [4.69, 9.17) is 9.10 Å². The highest BCUT2D eigenvalue weighted by atomic mass is 19.3. The standard InChI is InChI=1S/C31H33F2N5O/c1-19-28(37(4)36-35-19)22-16-26-27(34-18-22)24-11-10-23(30(2,3)39)17-25(24)38(26)29(20-8-6-5-7-9-20)21-12-14-31(32,33)15-13-21/h5-11,16-18,21,29,39H,12-15H2,1-4H3/i1D3. The SMILES string of the molecule is [2H]C([2H])([2H])c1nnn(C)c1-c1cnc2c3ccc(C(C)(C)O)cc3n(C(c3ccccc3)C3CCC(F)(F)CC3)c2c1. The molecule has 1 aliphatic carbocycles. The zero-order valence-electron chi connectivity index (χ0n) is 25.2. The van der Waals surface area contributed by atoms with E-state index in [1.165, 1.54) is 4.68 Å². The molecule has 2 aromatic carbocycles. The molecule has 3 heterocycles. The molecule has 1 atom stereocenters. The summed E-state index contributed by atoms with van der Waals surface area (Å²) in [6.45, 7) is 0.967. The van der Waals surface area contributed by atoms with E-state index >= 15 is 0 Å². The van der Waals surface area contributed by atoms with Gasteiger partial charge < -0.3 is 9.67 Å². The summed E-state index contributed by atoms with van der Waals surface area (Å²) >= 11 is 0. The molecular formula is C31H33F2N5O. The number of aromatic nitrogens is 5. The van der Waals surface area contributed by atoms with Crippen LogP contribution in [0.4, 0.5) is 8.78 Å². The highest BCUT2D eigenvalue weighted by Crippen LogP contribution is 2.46. The number of nitrogens with zero attached hydrogens (tertiary/aromatic N) is 5. The molecule has 8 heteroatoms. The van der Waals surface area contributed by atoms with Crippen LogP contribution in [0.25, 0.3) is 33.2 Å². The smallest absolute Gasteiger partial charge is 0.248 e. The third-order valence-electron chi connectivity index (χ3n) is 8.07. The largest absolute Gasteiger partial charge is 0.386 e. The van der Waals surface area contributed by atoms with Crippen molar-refractivity contribution in [2.24, 2.45) is 13.0 Å². The number of hydrogen-bond acceptors (Lipinski definition) is 4. The van der Waals surface area contributed by atoms with Crippen LogP contribution in [0.3, 0.4) is 0 Å². The average molecular weight is 533 g/mol. The molecule has 0 radical (unpaired) electrons. The van der Waals surface area contributed by atoms with Gasteiger partial charge in [-0.2, -0.15) is 0 Å². The average Bonchev–Trinajstić information content (AvgIpc) is 3.47. The van der Waals surface area contributed by atoms with Crippen LogP contribution in [-0.2, 0) is 12.6 Å². The Morgan fingerprint density at radius 3 is 2.51 bits per heavy atom. The van der Waals surface area contributed by atoms with Crippen molar-refractivity contribution in [2.45, 2.75) is 63.9 Å². The maximum absolute atomic E-state index is 14.4. The summed E-state index contributed by atoms with van der Waals surface area (Å²) in [5.41, 5.74) is 3.59. The first-order valence-corrected chi connectivity index (χ1v) is 13.2. The van der Waals surface area contributed by atoms with Gasteiger partial charge in [-0.25, -0.2) is 13.5 Å². The van der Waals surface area contributed by atoms with Crippen LogP contribution in [0.2, 0.25) is 0 Å². The molecule has 1 N–H and O–H groups in total. The second-order valence-corrected chi connectivity index (χ2v) is 11.2. The van der Waals surface area contributed by atoms with Crippen molar-refractivity contribution in [3.63, 3.8) is 0 Å². The molecule has 0 amide bonds. The molecule has 5 aromatic rings. The molecule has 0 bridgehead atoms. The minimum atomic E-state index is -2.68. The zero-order valence-corrected chi connectivity index (χ0v) is 22.2. The molecule has 1 aliphatic rings. The third-order valence-corrected chi connectivity index (χ3v) is 8.07. The molecule has 1 unspecified atom stereocenters. The van der Waals surface area contributed by atoms with Crippen molar-refractivity contribution in [1.29, 1.82) is 0 Å². The molecule has 0 spiro atoms. The number of alkyl halides is 2. The molecule has 0 saturated heterocycles. The van der Waals surface area contributed by atoms with E-state index in [1.807, 2.05) is 54.6 Å². The lowest BCUT2D eigenvalue weighted by atomic mass is 9.79. The van der Waals surface area contributed by atoms with Crippen LogP contribution in [0, 0.1) is 12.8 Å². The summed E-state index contributed by atoms with van der Waals surface area (Å²) in [6.07, 6.45) is 1.96. The minimum absolute atomic E-state index is 0.0865. The van der Waals surface area contributed by atoms with Gasteiger partial charge in [0.15, 0.2) is 0 Å². The van der Waals surface area contributed by atoms with E-state index in [0.717, 1.165) is 22.0 Å². The lowest BCUT2D eigenvalue weighted by molar-refractivity contribution is -0.0493. The van der Waals surface area contributed by atoms with Gasteiger partial charge in [-0.05, 0) is 62.7 Å². The van der Waals surface area contributed by atoms with Crippen LogP contribution in [0.5, 0.6) is 0 Å². The van der Waals surface area contributed by atoms with Gasteiger partial charge in [0, 0.05) is 41.1 Å². The van der Waals surface area contributed by atoms with Crippen molar-refractivity contribution in [2.75, 3.05) is 0 Å². The Morgan fingerprint density at radius 2 is 1.82 bits per heavy atom. The molecule has 6 nitrogen and oxygen atoms in total. The topological polar surface area (TPSA) is 68.8 Å². The fourth-order valence-corrected chi connectivity index (χ4v) is 6.06. The van der Waals surface area contributed by atoms with Crippen LogP contribution >= 0.6 is 0 Å². The first-order valence-electron chi connectivity index (χ1n) is 14.7. The van der Waals surface area contributed by atoms with Gasteiger partial charge in [0.2, 0.25) is 5.92 Å². The van der Waals surface area contributed by atoms with Gasteiger partial charge in [-0.3, -0.25) is 4.98 Å². The van der Waals surface area contributed by atoms with E-state index in [1.54, 1.807) is 27.1 Å². The first kappa shape index (κ1) is 22.2. The van der Waals surface area contributed by atoms with Gasteiger partial charge in [0.05, 0.1) is 39.6 Å². The first-order chi connectivity index (χ1) is 19.7. The Balaban J connectivity index is 1.67. The van der Waals surface area contributed by atoms with E-state index < -0.39 is 18.4 Å². The van der Waals surface area contributed by atoms with Gasteiger partial charge >= 0.3 is 0 Å². The highest BCUT2D eigenvalue weighted by molar-refractivity contribution is 6.07. The summed E-state index contributed by atoms with van der Waals surface area (Å²) in [5.74, 6) is -2.77. The zero-order chi connectivity index (χ0) is 30.0. The van der Waals surface area contributed by atoms with E-state index in [2.05, 4.69) is 14.9 Å². The maximum atomic E-state index is 14.4. The van der Waals surface area contributed by atoms with E-state index in [-0.39, 0.29) is 30.5 Å². The predicted molar refractivity (Wildman–Crippen MR) is 149 cm³/mol. The van der Waals surface area contributed by atoms with Gasteiger partial charge in [-0.15, -0.1) is 5.10 Å². The molecule has 39 heavy (non-hydrogen) atoms. The quantitative estimate of drug-likeness (QED) is 0.266. The van der Waals surface area contributed by atoms with Crippen molar-refractivity contribution in [1.82, 2.24) is 24.5 Å². The fraction of sp³-hybridized carbons (Fsp3) is 0.387. The van der Waals surface area contributed by atoms with Crippen LogP contribution in [-0.4, -0.2) is 35.6 Å². The number of halogens is 2. The summed E-state index contributed by atoms with van der Waals surface area (Å²) in [7, 11) is 1.64. The van der Waals surface area contributed by atoms with E-state index in [0.29, 0.717) is 35.2 Å². The lowest BCUT2D eigenvalue weighted by Gasteiger charge is -2.36. The van der Waals surface area contributed by atoms with Crippen molar-refractivity contribution in [3.05, 3.63) is 77.6 Å². The van der Waals surface area contributed by atoms with Crippen LogP contribution in [0.1, 0.15) is 66.5 Å². The van der Waals surface area contributed by atoms with Crippen molar-refractivity contribution >= 4 is 21.9 Å². The van der Waals surface area contributed by atoms with Gasteiger partial charge in [0.25, 0.3) is 0 Å². The second kappa shape index (κ2) is 9.23. The Bertz CT molecular complexity index is 1760. The lowest BCUT2D eigenvalue weighted by Crippen LogP contribution is -2.30. The fourth-order valence-electron chi connectivity index (χ4n) is 6.06.